The van der Waals surface area contributed by atoms with Crippen LogP contribution in [0.2, 0.25) is 0 Å². The molecule has 4 heteroatoms. The topological polar surface area (TPSA) is 64.3 Å². The minimum absolute atomic E-state index is 0.0647. The highest BCUT2D eigenvalue weighted by molar-refractivity contribution is 5.77. The number of nitrogens with one attached hydrogen (secondary N) is 1. The molecule has 1 amide bonds. The normalized spacial score (nSPS) is 18.8. The summed E-state index contributed by atoms with van der Waals surface area (Å²) in [6, 6.07) is 6.24. The molecule has 0 spiro atoms. The van der Waals surface area contributed by atoms with Gasteiger partial charge in [0.05, 0.1) is 0 Å². The average Bonchev–Trinajstić information content (AvgIpc) is 2.77. The van der Waals surface area contributed by atoms with Crippen molar-refractivity contribution in [3.05, 3.63) is 29.3 Å². The maximum absolute atomic E-state index is 11.6. The predicted molar refractivity (Wildman–Crippen MR) is 75.1 cm³/mol. The van der Waals surface area contributed by atoms with E-state index < -0.39 is 0 Å². The molecule has 4 nitrogen and oxygen atoms in total. The average molecular weight is 262 g/mol. The van der Waals surface area contributed by atoms with Crippen molar-refractivity contribution in [3.63, 3.8) is 0 Å². The van der Waals surface area contributed by atoms with E-state index in [2.05, 4.69) is 5.32 Å². The van der Waals surface area contributed by atoms with Crippen LogP contribution < -0.4 is 15.8 Å². The molecule has 2 rings (SSSR count). The van der Waals surface area contributed by atoms with Gasteiger partial charge in [-0.2, -0.15) is 0 Å². The van der Waals surface area contributed by atoms with Crippen LogP contribution in [-0.4, -0.2) is 18.6 Å². The number of amides is 1. The second-order valence-electron chi connectivity index (χ2n) is 5.17. The van der Waals surface area contributed by atoms with Crippen molar-refractivity contribution in [1.29, 1.82) is 0 Å². The Morgan fingerprint density at radius 3 is 3.11 bits per heavy atom. The molecule has 1 unspecified atom stereocenters. The summed E-state index contributed by atoms with van der Waals surface area (Å²) in [4.78, 5) is 11.6. The van der Waals surface area contributed by atoms with E-state index in [1.54, 1.807) is 0 Å². The molecule has 0 aliphatic heterocycles. The zero-order valence-electron chi connectivity index (χ0n) is 11.6. The van der Waals surface area contributed by atoms with Gasteiger partial charge < -0.3 is 15.8 Å². The van der Waals surface area contributed by atoms with Crippen LogP contribution in [0.3, 0.4) is 0 Å². The number of carbonyl (C=O) groups excluding carboxylic acids is 1. The maximum Gasteiger partial charge on any atom is 0.258 e. The second kappa shape index (κ2) is 6.06. The van der Waals surface area contributed by atoms with Crippen molar-refractivity contribution in [2.24, 2.45) is 5.73 Å². The lowest BCUT2D eigenvalue weighted by Crippen LogP contribution is -2.35. The fourth-order valence-corrected chi connectivity index (χ4v) is 2.28. The molecule has 1 aliphatic rings. The van der Waals surface area contributed by atoms with E-state index in [-0.39, 0.29) is 24.6 Å². The minimum atomic E-state index is -0.0773. The van der Waals surface area contributed by atoms with Crippen molar-refractivity contribution >= 4 is 5.91 Å². The van der Waals surface area contributed by atoms with Gasteiger partial charge in [0.25, 0.3) is 5.91 Å². The molecule has 1 aliphatic carbocycles. The Hall–Kier alpha value is -1.55. The van der Waals surface area contributed by atoms with Gasteiger partial charge in [0.2, 0.25) is 0 Å². The predicted octanol–water partition coefficient (Wildman–Crippen LogP) is 1.93. The summed E-state index contributed by atoms with van der Waals surface area (Å²) in [5, 5.41) is 2.88. The van der Waals surface area contributed by atoms with Gasteiger partial charge in [0.15, 0.2) is 6.61 Å². The van der Waals surface area contributed by atoms with Crippen molar-refractivity contribution in [2.75, 3.05) is 6.61 Å². The SMILES string of the molecule is CCC(C)NC(=O)COc1ccc2c(c1)CC[C@H]2N. The van der Waals surface area contributed by atoms with E-state index >= 15 is 0 Å². The molecule has 0 aromatic heterocycles. The molecule has 3 N–H and O–H groups in total. The van der Waals surface area contributed by atoms with E-state index in [0.29, 0.717) is 0 Å². The number of ether oxygens (including phenoxy) is 1. The number of rotatable bonds is 5. The summed E-state index contributed by atoms with van der Waals surface area (Å²) in [7, 11) is 0. The summed E-state index contributed by atoms with van der Waals surface area (Å²) in [5.41, 5.74) is 8.43. The Kier molecular flexibility index (Phi) is 4.43. The Morgan fingerprint density at radius 2 is 2.37 bits per heavy atom. The first-order valence-electron chi connectivity index (χ1n) is 6.90. The molecule has 1 aromatic rings. The van der Waals surface area contributed by atoms with E-state index in [9.17, 15) is 4.79 Å². The molecule has 0 bridgehead atoms. The van der Waals surface area contributed by atoms with Crippen LogP contribution >= 0.6 is 0 Å². The zero-order chi connectivity index (χ0) is 13.8. The molecule has 1 aromatic carbocycles. The van der Waals surface area contributed by atoms with Gasteiger partial charge in [-0.1, -0.05) is 13.0 Å². The number of carbonyl (C=O) groups is 1. The van der Waals surface area contributed by atoms with Crippen LogP contribution in [0.25, 0.3) is 0 Å². The molecular weight excluding hydrogens is 240 g/mol. The lowest BCUT2D eigenvalue weighted by molar-refractivity contribution is -0.123. The first-order valence-corrected chi connectivity index (χ1v) is 6.90. The van der Waals surface area contributed by atoms with Gasteiger partial charge in [-0.05, 0) is 49.4 Å². The second-order valence-corrected chi connectivity index (χ2v) is 5.17. The van der Waals surface area contributed by atoms with Crippen molar-refractivity contribution in [2.45, 2.75) is 45.2 Å². The Balaban J connectivity index is 1.89. The van der Waals surface area contributed by atoms with Gasteiger partial charge >= 0.3 is 0 Å². The fraction of sp³-hybridized carbons (Fsp3) is 0.533. The number of nitrogens with two attached hydrogens (primary N) is 1. The van der Waals surface area contributed by atoms with Crippen LogP contribution in [0, 0.1) is 0 Å². The highest BCUT2D eigenvalue weighted by Gasteiger charge is 2.19. The van der Waals surface area contributed by atoms with Crippen LogP contribution in [0.1, 0.15) is 43.9 Å². The molecule has 2 atom stereocenters. The van der Waals surface area contributed by atoms with E-state index in [4.69, 9.17) is 10.5 Å². The van der Waals surface area contributed by atoms with E-state index in [1.807, 2.05) is 32.0 Å². The van der Waals surface area contributed by atoms with Crippen LogP contribution in [0.4, 0.5) is 0 Å². The first-order chi connectivity index (χ1) is 9.10. The molecule has 0 saturated heterocycles. The summed E-state index contributed by atoms with van der Waals surface area (Å²) < 4.78 is 5.52. The number of fused-ring (bicyclic) bond motifs is 1. The van der Waals surface area contributed by atoms with Crippen molar-refractivity contribution in [3.8, 4) is 5.75 Å². The molecule has 104 valence electrons. The fourth-order valence-electron chi connectivity index (χ4n) is 2.28. The monoisotopic (exact) mass is 262 g/mol. The summed E-state index contributed by atoms with van der Waals surface area (Å²) >= 11 is 0. The van der Waals surface area contributed by atoms with Crippen molar-refractivity contribution in [1.82, 2.24) is 5.32 Å². The third-order valence-corrected chi connectivity index (χ3v) is 3.63. The third kappa shape index (κ3) is 3.47. The number of hydrogen-bond donors (Lipinski definition) is 2. The highest BCUT2D eigenvalue weighted by atomic mass is 16.5. The molecular formula is C15H22N2O2. The summed E-state index contributed by atoms with van der Waals surface area (Å²) in [5.74, 6) is 0.665. The van der Waals surface area contributed by atoms with Gasteiger partial charge in [-0.15, -0.1) is 0 Å². The smallest absolute Gasteiger partial charge is 0.258 e. The van der Waals surface area contributed by atoms with Gasteiger partial charge in [-0.3, -0.25) is 4.79 Å². The molecule has 0 fully saturated rings. The summed E-state index contributed by atoms with van der Waals surface area (Å²) in [6.45, 7) is 4.08. The quantitative estimate of drug-likeness (QED) is 0.852. The molecule has 0 radical (unpaired) electrons. The zero-order valence-corrected chi connectivity index (χ0v) is 11.6. The Morgan fingerprint density at radius 1 is 1.58 bits per heavy atom. The summed E-state index contributed by atoms with van der Waals surface area (Å²) in [6.07, 6.45) is 2.91. The number of hydrogen-bond acceptors (Lipinski definition) is 3. The van der Waals surface area contributed by atoms with Crippen LogP contribution in [-0.2, 0) is 11.2 Å². The first kappa shape index (κ1) is 13.9. The minimum Gasteiger partial charge on any atom is -0.484 e. The molecule has 0 saturated carbocycles. The lowest BCUT2D eigenvalue weighted by Gasteiger charge is -2.12. The van der Waals surface area contributed by atoms with E-state index in [0.717, 1.165) is 25.0 Å². The number of aryl methyl sites for hydroxylation is 1. The van der Waals surface area contributed by atoms with E-state index in [1.165, 1.54) is 11.1 Å². The van der Waals surface area contributed by atoms with Crippen LogP contribution in [0.5, 0.6) is 5.75 Å². The van der Waals surface area contributed by atoms with Gasteiger partial charge in [-0.25, -0.2) is 0 Å². The molecule has 19 heavy (non-hydrogen) atoms. The third-order valence-electron chi connectivity index (χ3n) is 3.63. The van der Waals surface area contributed by atoms with Crippen LogP contribution in [0.15, 0.2) is 18.2 Å². The largest absolute Gasteiger partial charge is 0.484 e. The maximum atomic E-state index is 11.6. The van der Waals surface area contributed by atoms with Crippen molar-refractivity contribution < 1.29 is 9.53 Å². The van der Waals surface area contributed by atoms with Gasteiger partial charge in [0.1, 0.15) is 5.75 Å². The Labute approximate surface area is 114 Å². The lowest BCUT2D eigenvalue weighted by atomic mass is 10.1. The van der Waals surface area contributed by atoms with Gasteiger partial charge in [0, 0.05) is 12.1 Å². The standard InChI is InChI=1S/C15H22N2O2/c1-3-10(2)17-15(18)9-19-12-5-6-13-11(8-12)4-7-14(13)16/h5-6,8,10,14H,3-4,7,9,16H2,1-2H3,(H,17,18)/t10?,14-/m1/s1. The number of benzene rings is 1. The highest BCUT2D eigenvalue weighted by Crippen LogP contribution is 2.31. The Bertz CT molecular complexity index is 459. The molecule has 0 heterocycles.